The Bertz CT molecular complexity index is 618. The molecule has 0 bridgehead atoms. The quantitative estimate of drug-likeness (QED) is 0.898. The van der Waals surface area contributed by atoms with Crippen LogP contribution in [0.1, 0.15) is 33.4 Å². The van der Waals surface area contributed by atoms with Crippen LogP contribution in [0.25, 0.3) is 0 Å². The average Bonchev–Trinajstić information content (AvgIpc) is 2.95. The number of anilines is 1. The molecule has 2 amide bonds. The molecule has 0 saturated heterocycles. The first-order valence-corrected chi connectivity index (χ1v) is 6.35. The maximum atomic E-state index is 11.9. The smallest absolute Gasteiger partial charge is 0.291 e. The molecule has 0 saturated carbocycles. The van der Waals surface area contributed by atoms with Crippen LogP contribution < -0.4 is 10.6 Å². The number of furan rings is 1. The lowest BCUT2D eigenvalue weighted by Gasteiger charge is -2.09. The minimum Gasteiger partial charge on any atom is -0.459 e. The van der Waals surface area contributed by atoms with Crippen molar-refractivity contribution in [3.63, 3.8) is 0 Å². The summed E-state index contributed by atoms with van der Waals surface area (Å²) in [6, 6.07) is 8.37. The molecule has 0 aliphatic carbocycles. The molecule has 0 spiro atoms. The van der Waals surface area contributed by atoms with Crippen LogP contribution in [0, 0.1) is 6.92 Å². The summed E-state index contributed by atoms with van der Waals surface area (Å²) in [5, 5.41) is 5.48. The summed E-state index contributed by atoms with van der Waals surface area (Å²) >= 11 is 0. The van der Waals surface area contributed by atoms with Gasteiger partial charge in [0, 0.05) is 17.8 Å². The van der Waals surface area contributed by atoms with Crippen molar-refractivity contribution in [3.8, 4) is 0 Å². The Kier molecular flexibility index (Phi) is 4.20. The number of amides is 2. The standard InChI is InChI=1S/C15H16N2O3/c1-3-16-14(18)11-6-7-12(10(2)9-11)17-15(19)13-5-4-8-20-13/h4-9H,3H2,1-2H3,(H,16,18)(H,17,19). The molecule has 20 heavy (non-hydrogen) atoms. The van der Waals surface area contributed by atoms with Crippen molar-refractivity contribution in [1.82, 2.24) is 5.32 Å². The molecular weight excluding hydrogens is 256 g/mol. The Morgan fingerprint density at radius 3 is 2.60 bits per heavy atom. The largest absolute Gasteiger partial charge is 0.459 e. The highest BCUT2D eigenvalue weighted by molar-refractivity contribution is 6.03. The molecule has 1 aromatic heterocycles. The number of benzene rings is 1. The number of aryl methyl sites for hydroxylation is 1. The van der Waals surface area contributed by atoms with Crippen LogP contribution in [0.5, 0.6) is 0 Å². The van der Waals surface area contributed by atoms with E-state index in [4.69, 9.17) is 4.42 Å². The first kappa shape index (κ1) is 13.9. The van der Waals surface area contributed by atoms with E-state index in [0.29, 0.717) is 17.8 Å². The Morgan fingerprint density at radius 1 is 1.20 bits per heavy atom. The second kappa shape index (κ2) is 6.06. The Morgan fingerprint density at radius 2 is 2.00 bits per heavy atom. The molecule has 1 aromatic carbocycles. The van der Waals surface area contributed by atoms with Gasteiger partial charge in [-0.1, -0.05) is 0 Å². The van der Waals surface area contributed by atoms with Crippen LogP contribution in [-0.4, -0.2) is 18.4 Å². The van der Waals surface area contributed by atoms with Gasteiger partial charge in [0.25, 0.3) is 11.8 Å². The topological polar surface area (TPSA) is 71.3 Å². The second-order valence-electron chi connectivity index (χ2n) is 4.32. The first-order chi connectivity index (χ1) is 9.61. The second-order valence-corrected chi connectivity index (χ2v) is 4.32. The molecule has 0 fully saturated rings. The van der Waals surface area contributed by atoms with Gasteiger partial charge >= 0.3 is 0 Å². The van der Waals surface area contributed by atoms with Gasteiger partial charge in [0.2, 0.25) is 0 Å². The lowest BCUT2D eigenvalue weighted by atomic mass is 10.1. The molecule has 0 atom stereocenters. The maximum absolute atomic E-state index is 11.9. The number of carbonyl (C=O) groups is 2. The number of carbonyl (C=O) groups excluding carboxylic acids is 2. The summed E-state index contributed by atoms with van der Waals surface area (Å²) in [4.78, 5) is 23.6. The van der Waals surface area contributed by atoms with Gasteiger partial charge in [-0.3, -0.25) is 9.59 Å². The van der Waals surface area contributed by atoms with Gasteiger partial charge in [0.15, 0.2) is 5.76 Å². The van der Waals surface area contributed by atoms with E-state index < -0.39 is 0 Å². The van der Waals surface area contributed by atoms with Crippen LogP contribution in [0.2, 0.25) is 0 Å². The van der Waals surface area contributed by atoms with Gasteiger partial charge in [0.1, 0.15) is 0 Å². The van der Waals surface area contributed by atoms with Crippen molar-refractivity contribution in [2.24, 2.45) is 0 Å². The SMILES string of the molecule is CCNC(=O)c1ccc(NC(=O)c2ccco2)c(C)c1. The van der Waals surface area contributed by atoms with Gasteiger partial charge < -0.3 is 15.1 Å². The summed E-state index contributed by atoms with van der Waals surface area (Å²) in [5.41, 5.74) is 2.04. The summed E-state index contributed by atoms with van der Waals surface area (Å²) in [6.45, 7) is 4.28. The van der Waals surface area contributed by atoms with Crippen molar-refractivity contribution in [2.75, 3.05) is 11.9 Å². The van der Waals surface area contributed by atoms with Crippen LogP contribution in [-0.2, 0) is 0 Å². The number of hydrogen-bond donors (Lipinski definition) is 2. The Balaban J connectivity index is 2.14. The number of nitrogens with one attached hydrogen (secondary N) is 2. The van der Waals surface area contributed by atoms with Crippen molar-refractivity contribution in [2.45, 2.75) is 13.8 Å². The van der Waals surface area contributed by atoms with Crippen molar-refractivity contribution in [3.05, 3.63) is 53.5 Å². The average molecular weight is 272 g/mol. The van der Waals surface area contributed by atoms with E-state index in [1.807, 2.05) is 13.8 Å². The third-order valence-electron chi connectivity index (χ3n) is 2.82. The monoisotopic (exact) mass is 272 g/mol. The third-order valence-corrected chi connectivity index (χ3v) is 2.82. The molecule has 0 aliphatic heterocycles. The molecule has 2 rings (SSSR count). The van der Waals surface area contributed by atoms with Gasteiger partial charge in [-0.25, -0.2) is 0 Å². The zero-order chi connectivity index (χ0) is 14.5. The van der Waals surface area contributed by atoms with Crippen LogP contribution in [0.4, 0.5) is 5.69 Å². The summed E-state index contributed by atoms with van der Waals surface area (Å²) in [6.07, 6.45) is 1.44. The fourth-order valence-electron chi connectivity index (χ4n) is 1.80. The van der Waals surface area contributed by atoms with E-state index in [0.717, 1.165) is 5.56 Å². The highest BCUT2D eigenvalue weighted by atomic mass is 16.3. The lowest BCUT2D eigenvalue weighted by Crippen LogP contribution is -2.22. The van der Waals surface area contributed by atoms with Crippen LogP contribution in [0.15, 0.2) is 41.0 Å². The highest BCUT2D eigenvalue weighted by Crippen LogP contribution is 2.17. The molecule has 2 aromatic rings. The van der Waals surface area contributed by atoms with Crippen LogP contribution in [0.3, 0.4) is 0 Å². The fraction of sp³-hybridized carbons (Fsp3) is 0.200. The predicted octanol–water partition coefficient (Wildman–Crippen LogP) is 2.59. The number of rotatable bonds is 4. The molecule has 0 radical (unpaired) electrons. The molecule has 1 heterocycles. The minimum absolute atomic E-state index is 0.125. The van der Waals surface area contributed by atoms with E-state index >= 15 is 0 Å². The van der Waals surface area contributed by atoms with E-state index in [1.54, 1.807) is 30.3 Å². The molecule has 0 unspecified atom stereocenters. The lowest BCUT2D eigenvalue weighted by molar-refractivity contribution is 0.0954. The summed E-state index contributed by atoms with van der Waals surface area (Å²) < 4.78 is 5.03. The maximum Gasteiger partial charge on any atom is 0.291 e. The van der Waals surface area contributed by atoms with Crippen molar-refractivity contribution < 1.29 is 14.0 Å². The van der Waals surface area contributed by atoms with E-state index in [9.17, 15) is 9.59 Å². The molecule has 0 aliphatic rings. The van der Waals surface area contributed by atoms with Gasteiger partial charge in [-0.15, -0.1) is 0 Å². The zero-order valence-corrected chi connectivity index (χ0v) is 11.4. The Hall–Kier alpha value is -2.56. The van der Waals surface area contributed by atoms with Gasteiger partial charge in [0.05, 0.1) is 6.26 Å². The van der Waals surface area contributed by atoms with E-state index in [2.05, 4.69) is 10.6 Å². The van der Waals surface area contributed by atoms with Crippen LogP contribution >= 0.6 is 0 Å². The molecule has 104 valence electrons. The summed E-state index contributed by atoms with van der Waals surface area (Å²) in [5.74, 6) is -0.194. The van der Waals surface area contributed by atoms with Crippen molar-refractivity contribution >= 4 is 17.5 Å². The molecular formula is C15H16N2O3. The van der Waals surface area contributed by atoms with Crippen molar-refractivity contribution in [1.29, 1.82) is 0 Å². The molecule has 5 nitrogen and oxygen atoms in total. The van der Waals surface area contributed by atoms with Gasteiger partial charge in [-0.2, -0.15) is 0 Å². The normalized spacial score (nSPS) is 10.1. The predicted molar refractivity (Wildman–Crippen MR) is 75.8 cm³/mol. The van der Waals surface area contributed by atoms with E-state index in [1.165, 1.54) is 6.26 Å². The third kappa shape index (κ3) is 3.06. The summed E-state index contributed by atoms with van der Waals surface area (Å²) in [7, 11) is 0. The first-order valence-electron chi connectivity index (χ1n) is 6.35. The molecule has 5 heteroatoms. The Labute approximate surface area is 117 Å². The highest BCUT2D eigenvalue weighted by Gasteiger charge is 2.11. The van der Waals surface area contributed by atoms with E-state index in [-0.39, 0.29) is 17.6 Å². The van der Waals surface area contributed by atoms with Gasteiger partial charge in [-0.05, 0) is 49.7 Å². The molecule has 2 N–H and O–H groups in total. The fourth-order valence-corrected chi connectivity index (χ4v) is 1.80. The zero-order valence-electron chi connectivity index (χ0n) is 11.4. The number of hydrogen-bond acceptors (Lipinski definition) is 3. The minimum atomic E-state index is -0.316.